The highest BCUT2D eigenvalue weighted by molar-refractivity contribution is 5.87. The van der Waals surface area contributed by atoms with Crippen molar-refractivity contribution >= 4 is 11.9 Å². The molecule has 45 heavy (non-hydrogen) atoms. The molecule has 0 bridgehead atoms. The summed E-state index contributed by atoms with van der Waals surface area (Å²) in [5.41, 5.74) is 20.6. The van der Waals surface area contributed by atoms with E-state index in [9.17, 15) is 25.2 Å². The third-order valence-electron chi connectivity index (χ3n) is 9.50. The number of nitrogens with one attached hydrogen (secondary N) is 5. The van der Waals surface area contributed by atoms with Gasteiger partial charge >= 0.3 is 0 Å². The molecule has 11 atom stereocenters. The second kappa shape index (κ2) is 14.7. The number of amides is 1. The van der Waals surface area contributed by atoms with Crippen molar-refractivity contribution in [2.24, 2.45) is 28.9 Å². The number of aliphatic hydroxyl groups is 4. The molecule has 17 nitrogen and oxygen atoms in total. The van der Waals surface area contributed by atoms with Crippen LogP contribution in [0, 0.1) is 11.3 Å². The molecule has 4 aliphatic rings. The second-order valence-corrected chi connectivity index (χ2v) is 13.0. The molecule has 0 aromatic heterocycles. The summed E-state index contributed by atoms with van der Waals surface area (Å²) in [6.07, 6.45) is -2.32. The van der Waals surface area contributed by atoms with E-state index < -0.39 is 71.9 Å². The molecule has 2 heterocycles. The lowest BCUT2D eigenvalue weighted by molar-refractivity contribution is -0.297. The highest BCUT2D eigenvalue weighted by atomic mass is 16.7. The summed E-state index contributed by atoms with van der Waals surface area (Å²) in [6.45, 7) is 2.63. The van der Waals surface area contributed by atoms with Gasteiger partial charge in [0.2, 0.25) is 0 Å². The number of ether oxygens (including phenoxy) is 3. The molecule has 1 saturated heterocycles. The number of carbonyl (C=O) groups is 1. The van der Waals surface area contributed by atoms with Crippen LogP contribution in [0.15, 0.2) is 11.8 Å². The minimum Gasteiger partial charge on any atom is -0.492 e. The van der Waals surface area contributed by atoms with Gasteiger partial charge in [0, 0.05) is 36.9 Å². The summed E-state index contributed by atoms with van der Waals surface area (Å²) in [7, 11) is 1.59. The van der Waals surface area contributed by atoms with Gasteiger partial charge in [-0.1, -0.05) is 0 Å². The van der Waals surface area contributed by atoms with Crippen molar-refractivity contribution in [3.05, 3.63) is 11.8 Å². The van der Waals surface area contributed by atoms with Crippen LogP contribution in [-0.4, -0.2) is 138 Å². The van der Waals surface area contributed by atoms with Crippen LogP contribution in [0.1, 0.15) is 39.0 Å². The third kappa shape index (κ3) is 7.87. The van der Waals surface area contributed by atoms with E-state index >= 15 is 0 Å². The Kier molecular flexibility index (Phi) is 11.7. The number of aliphatic hydroxyl groups excluding tert-OH is 2. The van der Waals surface area contributed by atoms with E-state index in [2.05, 4.69) is 21.3 Å². The van der Waals surface area contributed by atoms with Gasteiger partial charge in [-0.05, 0) is 52.4 Å². The van der Waals surface area contributed by atoms with Crippen LogP contribution in [-0.2, 0) is 19.0 Å². The van der Waals surface area contributed by atoms with Gasteiger partial charge in [0.25, 0.3) is 5.91 Å². The summed E-state index contributed by atoms with van der Waals surface area (Å²) >= 11 is 0. The van der Waals surface area contributed by atoms with Gasteiger partial charge in [-0.15, -0.1) is 0 Å². The normalized spacial score (nSPS) is 43.4. The number of guanidine groups is 1. The highest BCUT2D eigenvalue weighted by Crippen LogP contribution is 2.38. The van der Waals surface area contributed by atoms with Gasteiger partial charge in [-0.2, -0.15) is 0 Å². The van der Waals surface area contributed by atoms with E-state index in [0.29, 0.717) is 25.3 Å². The Bertz CT molecular complexity index is 1060. The number of nitrogens with two attached hydrogens (primary N) is 4. The van der Waals surface area contributed by atoms with Crippen LogP contribution in [0.4, 0.5) is 0 Å². The van der Waals surface area contributed by atoms with E-state index in [1.807, 2.05) is 6.08 Å². The van der Waals surface area contributed by atoms with Crippen molar-refractivity contribution < 1.29 is 39.4 Å². The number of hydrogen-bond donors (Lipinski definition) is 13. The Balaban J connectivity index is 1.59. The summed E-state index contributed by atoms with van der Waals surface area (Å²) in [4.78, 5) is 13.4. The maximum Gasteiger partial charge on any atom is 0.252 e. The molecule has 258 valence electrons. The number of rotatable bonds is 12. The third-order valence-corrected chi connectivity index (χ3v) is 9.50. The van der Waals surface area contributed by atoms with Crippen LogP contribution in [0.25, 0.3) is 0 Å². The van der Waals surface area contributed by atoms with E-state index in [-0.39, 0.29) is 50.5 Å². The van der Waals surface area contributed by atoms with Gasteiger partial charge in [0.1, 0.15) is 35.3 Å². The van der Waals surface area contributed by atoms with Crippen LogP contribution < -0.4 is 44.2 Å². The fourth-order valence-corrected chi connectivity index (χ4v) is 7.10. The van der Waals surface area contributed by atoms with Gasteiger partial charge < -0.3 is 78.8 Å². The summed E-state index contributed by atoms with van der Waals surface area (Å²) in [6, 6.07) is -2.98. The predicted octanol–water partition coefficient (Wildman–Crippen LogP) is -5.06. The summed E-state index contributed by atoms with van der Waals surface area (Å²) in [5, 5.41) is 64.1. The maximum atomic E-state index is 13.4. The average molecular weight is 644 g/mol. The number of likely N-dealkylation sites (N-methyl/N-ethyl adjacent to an activating group) is 1. The monoisotopic (exact) mass is 643 g/mol. The standard InChI is InChI=1S/C28H53N9O8/c1-27(41)12-43-24(20(39)23(27)34-2)45-22-17(37-25(40)28(42)9-13(10-28)36-26(32)33)8-15(31)18(19(22)38)21-16(35-7-3-6-29)5-4-14(11-30)44-21/h4,13,15-24,34-35,38-39,41-42H,3,5-12,29-31H2,1-2H3,(H,37,40)(H4,32,33,36)/t13?,15-,16+,17+,18?,19-,20+,21-,22-,23+,24+,27-,28?/m0/s1. The summed E-state index contributed by atoms with van der Waals surface area (Å²) < 4.78 is 18.3. The molecule has 0 aromatic carbocycles. The van der Waals surface area contributed by atoms with Crippen molar-refractivity contribution in [1.29, 1.82) is 5.41 Å². The number of carbonyl (C=O) groups excluding carboxylic acids is 1. The van der Waals surface area contributed by atoms with Crippen molar-refractivity contribution in [1.82, 2.24) is 21.3 Å². The largest absolute Gasteiger partial charge is 0.492 e. The molecule has 2 saturated carbocycles. The smallest absolute Gasteiger partial charge is 0.252 e. The zero-order valence-corrected chi connectivity index (χ0v) is 26.0. The van der Waals surface area contributed by atoms with Crippen molar-refractivity contribution in [3.8, 4) is 0 Å². The van der Waals surface area contributed by atoms with Crippen molar-refractivity contribution in [3.63, 3.8) is 0 Å². The van der Waals surface area contributed by atoms with Crippen LogP contribution in [0.3, 0.4) is 0 Å². The molecule has 0 spiro atoms. The first-order chi connectivity index (χ1) is 21.2. The molecular formula is C28H53N9O8. The average Bonchev–Trinajstić information content (AvgIpc) is 2.95. The minimum atomic E-state index is -1.73. The Morgan fingerprint density at radius 1 is 1.18 bits per heavy atom. The fourth-order valence-electron chi connectivity index (χ4n) is 7.10. The molecule has 2 aliphatic heterocycles. The van der Waals surface area contributed by atoms with Crippen molar-refractivity contribution in [2.45, 2.75) is 111 Å². The number of hydrogen-bond acceptors (Lipinski definition) is 14. The molecule has 0 radical (unpaired) electrons. The van der Waals surface area contributed by atoms with E-state index in [1.165, 1.54) is 6.92 Å². The lowest BCUT2D eigenvalue weighted by Crippen LogP contribution is -2.71. The van der Waals surface area contributed by atoms with Gasteiger partial charge in [-0.3, -0.25) is 10.2 Å². The lowest BCUT2D eigenvalue weighted by Gasteiger charge is -2.51. The molecule has 2 aliphatic carbocycles. The zero-order chi connectivity index (χ0) is 33.1. The Hall–Kier alpha value is -2.16. The van der Waals surface area contributed by atoms with Crippen LogP contribution in [0.2, 0.25) is 0 Å². The molecule has 17 heteroatoms. The first-order valence-electron chi connectivity index (χ1n) is 15.7. The molecular weight excluding hydrogens is 590 g/mol. The van der Waals surface area contributed by atoms with Gasteiger partial charge in [0.15, 0.2) is 12.2 Å². The Morgan fingerprint density at radius 3 is 2.51 bits per heavy atom. The lowest BCUT2D eigenvalue weighted by atomic mass is 9.71. The predicted molar refractivity (Wildman–Crippen MR) is 163 cm³/mol. The van der Waals surface area contributed by atoms with Gasteiger partial charge in [0.05, 0.1) is 31.3 Å². The molecule has 0 aromatic rings. The molecule has 4 rings (SSSR count). The summed E-state index contributed by atoms with van der Waals surface area (Å²) in [5.74, 6) is -1.09. The molecule has 17 N–H and O–H groups in total. The van der Waals surface area contributed by atoms with Crippen LogP contribution >= 0.6 is 0 Å². The van der Waals surface area contributed by atoms with E-state index in [4.69, 9.17) is 42.6 Å². The first-order valence-corrected chi connectivity index (χ1v) is 15.7. The molecule has 1 amide bonds. The van der Waals surface area contributed by atoms with Crippen LogP contribution in [0.5, 0.6) is 0 Å². The highest BCUT2D eigenvalue weighted by Gasteiger charge is 2.55. The van der Waals surface area contributed by atoms with Gasteiger partial charge in [-0.25, -0.2) is 0 Å². The SMILES string of the molecule is CN[C@@H]1[C@@H](O)[C@@H](O[C@H]2[C@H](NC(=O)C3(O)CC(NC(=N)N)C3)C[C@H](N)C([C@H]3OC(CN)=CC[C@H]3NCCCN)[C@@H]2O)OC[C@]1(C)O. The van der Waals surface area contributed by atoms with Crippen molar-refractivity contribution in [2.75, 3.05) is 33.3 Å². The van der Waals surface area contributed by atoms with E-state index in [0.717, 1.165) is 6.42 Å². The topological polar surface area (TPSA) is 302 Å². The maximum absolute atomic E-state index is 13.4. The molecule has 1 unspecified atom stereocenters. The zero-order valence-electron chi connectivity index (χ0n) is 26.0. The first kappa shape index (κ1) is 35.7. The second-order valence-electron chi connectivity index (χ2n) is 13.0. The molecule has 3 fully saturated rings. The van der Waals surface area contributed by atoms with E-state index in [1.54, 1.807) is 7.05 Å². The fraction of sp³-hybridized carbons (Fsp3) is 0.857. The Morgan fingerprint density at radius 2 is 1.89 bits per heavy atom. The quantitative estimate of drug-likeness (QED) is 0.0538. The Labute approximate surface area is 263 Å². The minimum absolute atomic E-state index is 0.0253.